The third-order valence-corrected chi connectivity index (χ3v) is 9.07. The van der Waals surface area contributed by atoms with Gasteiger partial charge in [-0.15, -0.1) is 0 Å². The second kappa shape index (κ2) is 10.8. The maximum Gasteiger partial charge on any atom is 0.136 e. The van der Waals surface area contributed by atoms with Crippen molar-refractivity contribution in [3.05, 3.63) is 176 Å². The highest BCUT2D eigenvalue weighted by Crippen LogP contribution is 2.44. The van der Waals surface area contributed by atoms with Crippen molar-refractivity contribution >= 4 is 60.5 Å². The Morgan fingerprint density at radius 3 is 1.76 bits per heavy atom. The summed E-state index contributed by atoms with van der Waals surface area (Å²) in [6, 6.07) is 62.8. The minimum absolute atomic E-state index is 0.893. The van der Waals surface area contributed by atoms with E-state index in [2.05, 4.69) is 169 Å². The first-order valence-corrected chi connectivity index (χ1v) is 15.7. The van der Waals surface area contributed by atoms with Crippen LogP contribution in [0.15, 0.2) is 180 Å². The third kappa shape index (κ3) is 4.35. The molecule has 0 bridgehead atoms. The standard InChI is InChI=1S/C44H29NO/c1-3-15-35-30(11-1)13-9-19-36(35)32-23-26-34(27-24-32)45(42-21-10-14-31-12-2-4-16-37(31)42)41-20-7-5-17-38(41)33-25-28-40-39-18-6-8-22-43(39)46-44(40)29-33/h1-29H. The second-order valence-corrected chi connectivity index (χ2v) is 11.7. The number of hydrogen-bond acceptors (Lipinski definition) is 2. The van der Waals surface area contributed by atoms with Crippen LogP contribution >= 0.6 is 0 Å². The lowest BCUT2D eigenvalue weighted by Gasteiger charge is -2.29. The molecule has 0 amide bonds. The molecular formula is C44H29NO. The normalized spacial score (nSPS) is 11.5. The Morgan fingerprint density at radius 2 is 0.913 bits per heavy atom. The molecule has 0 aliphatic rings. The molecule has 216 valence electrons. The molecule has 0 aliphatic carbocycles. The Balaban J connectivity index is 1.23. The van der Waals surface area contributed by atoms with Crippen LogP contribution in [0.25, 0.3) is 65.7 Å². The van der Waals surface area contributed by atoms with Crippen molar-refractivity contribution in [2.24, 2.45) is 0 Å². The molecule has 9 aromatic rings. The molecule has 2 heteroatoms. The topological polar surface area (TPSA) is 16.4 Å². The highest BCUT2D eigenvalue weighted by molar-refractivity contribution is 6.07. The number of para-hydroxylation sites is 2. The van der Waals surface area contributed by atoms with E-state index in [0.717, 1.165) is 50.1 Å². The number of hydrogen-bond donors (Lipinski definition) is 0. The van der Waals surface area contributed by atoms with Crippen LogP contribution in [0.2, 0.25) is 0 Å². The van der Waals surface area contributed by atoms with Gasteiger partial charge < -0.3 is 9.32 Å². The van der Waals surface area contributed by atoms with E-state index in [-0.39, 0.29) is 0 Å². The summed E-state index contributed by atoms with van der Waals surface area (Å²) in [5, 5.41) is 7.18. The number of fused-ring (bicyclic) bond motifs is 5. The molecule has 0 aliphatic heterocycles. The highest BCUT2D eigenvalue weighted by Gasteiger charge is 2.20. The van der Waals surface area contributed by atoms with E-state index in [1.54, 1.807) is 0 Å². The summed E-state index contributed by atoms with van der Waals surface area (Å²) in [6.07, 6.45) is 0. The zero-order valence-corrected chi connectivity index (χ0v) is 25.1. The van der Waals surface area contributed by atoms with E-state index in [0.29, 0.717) is 0 Å². The van der Waals surface area contributed by atoms with Gasteiger partial charge >= 0.3 is 0 Å². The molecule has 0 atom stereocenters. The molecule has 0 saturated carbocycles. The summed E-state index contributed by atoms with van der Waals surface area (Å²) < 4.78 is 6.31. The largest absolute Gasteiger partial charge is 0.456 e. The average Bonchev–Trinajstić information content (AvgIpc) is 3.50. The van der Waals surface area contributed by atoms with Crippen molar-refractivity contribution in [3.63, 3.8) is 0 Å². The van der Waals surface area contributed by atoms with Crippen molar-refractivity contribution in [1.29, 1.82) is 0 Å². The highest BCUT2D eigenvalue weighted by atomic mass is 16.3. The number of furan rings is 1. The zero-order chi connectivity index (χ0) is 30.5. The smallest absolute Gasteiger partial charge is 0.136 e. The number of benzene rings is 8. The van der Waals surface area contributed by atoms with Gasteiger partial charge in [0.1, 0.15) is 11.2 Å². The maximum absolute atomic E-state index is 6.31. The molecule has 2 nitrogen and oxygen atoms in total. The summed E-state index contributed by atoms with van der Waals surface area (Å²) in [6.45, 7) is 0. The molecule has 1 aromatic heterocycles. The number of anilines is 3. The summed E-state index contributed by atoms with van der Waals surface area (Å²) in [4.78, 5) is 2.40. The van der Waals surface area contributed by atoms with Gasteiger partial charge in [-0.3, -0.25) is 0 Å². The lowest BCUT2D eigenvalue weighted by Crippen LogP contribution is -2.11. The minimum atomic E-state index is 0.893. The quantitative estimate of drug-likeness (QED) is 0.199. The fraction of sp³-hybridized carbons (Fsp3) is 0. The number of rotatable bonds is 5. The summed E-state index contributed by atoms with van der Waals surface area (Å²) >= 11 is 0. The predicted octanol–water partition coefficient (Wildman–Crippen LogP) is 12.7. The molecule has 1 heterocycles. The van der Waals surface area contributed by atoms with E-state index in [1.807, 2.05) is 12.1 Å². The van der Waals surface area contributed by atoms with Crippen molar-refractivity contribution in [2.75, 3.05) is 4.90 Å². The molecule has 46 heavy (non-hydrogen) atoms. The molecule has 0 radical (unpaired) electrons. The Labute approximate surface area is 267 Å². The number of nitrogens with zero attached hydrogens (tertiary/aromatic N) is 1. The molecular weight excluding hydrogens is 558 g/mol. The first-order valence-electron chi connectivity index (χ1n) is 15.7. The Kier molecular flexibility index (Phi) is 6.17. The van der Waals surface area contributed by atoms with Gasteiger partial charge in [-0.1, -0.05) is 133 Å². The molecule has 0 unspecified atom stereocenters. The van der Waals surface area contributed by atoms with E-state index >= 15 is 0 Å². The average molecular weight is 588 g/mol. The third-order valence-electron chi connectivity index (χ3n) is 9.07. The van der Waals surface area contributed by atoms with Gasteiger partial charge in [0.05, 0.1) is 11.4 Å². The van der Waals surface area contributed by atoms with Crippen molar-refractivity contribution < 1.29 is 4.42 Å². The SMILES string of the molecule is c1ccc(N(c2ccc(-c3cccc4ccccc34)cc2)c2cccc3ccccc23)c(-c2ccc3c(c2)oc2ccccc23)c1. The van der Waals surface area contributed by atoms with Crippen molar-refractivity contribution in [3.8, 4) is 22.3 Å². The van der Waals surface area contributed by atoms with Crippen LogP contribution in [0.5, 0.6) is 0 Å². The molecule has 0 N–H and O–H groups in total. The molecule has 0 fully saturated rings. The first kappa shape index (κ1) is 26.3. The summed E-state index contributed by atoms with van der Waals surface area (Å²) in [7, 11) is 0. The fourth-order valence-electron chi connectivity index (χ4n) is 6.88. The van der Waals surface area contributed by atoms with E-state index in [1.165, 1.54) is 32.7 Å². The van der Waals surface area contributed by atoms with Crippen LogP contribution in [0.1, 0.15) is 0 Å². The van der Waals surface area contributed by atoms with Crippen LogP contribution < -0.4 is 4.90 Å². The first-order chi connectivity index (χ1) is 22.8. The zero-order valence-electron chi connectivity index (χ0n) is 25.1. The Hall–Kier alpha value is -6.12. The summed E-state index contributed by atoms with van der Waals surface area (Å²) in [5.74, 6) is 0. The second-order valence-electron chi connectivity index (χ2n) is 11.7. The Bertz CT molecular complexity index is 2530. The van der Waals surface area contributed by atoms with Crippen LogP contribution in [0, 0.1) is 0 Å². The van der Waals surface area contributed by atoms with Gasteiger partial charge in [0.25, 0.3) is 0 Å². The fourth-order valence-corrected chi connectivity index (χ4v) is 6.88. The van der Waals surface area contributed by atoms with Crippen LogP contribution in [0.4, 0.5) is 17.1 Å². The maximum atomic E-state index is 6.31. The van der Waals surface area contributed by atoms with Gasteiger partial charge in [-0.25, -0.2) is 0 Å². The predicted molar refractivity (Wildman–Crippen MR) is 194 cm³/mol. The lowest BCUT2D eigenvalue weighted by atomic mass is 9.97. The van der Waals surface area contributed by atoms with Crippen LogP contribution in [-0.2, 0) is 0 Å². The van der Waals surface area contributed by atoms with Gasteiger partial charge in [-0.05, 0) is 75.3 Å². The van der Waals surface area contributed by atoms with E-state index in [9.17, 15) is 0 Å². The van der Waals surface area contributed by atoms with E-state index < -0.39 is 0 Å². The minimum Gasteiger partial charge on any atom is -0.456 e. The van der Waals surface area contributed by atoms with Gasteiger partial charge in [-0.2, -0.15) is 0 Å². The van der Waals surface area contributed by atoms with Crippen LogP contribution in [0.3, 0.4) is 0 Å². The van der Waals surface area contributed by atoms with Gasteiger partial charge in [0, 0.05) is 27.4 Å². The lowest BCUT2D eigenvalue weighted by molar-refractivity contribution is 0.669. The van der Waals surface area contributed by atoms with Crippen molar-refractivity contribution in [1.82, 2.24) is 0 Å². The van der Waals surface area contributed by atoms with Crippen molar-refractivity contribution in [2.45, 2.75) is 0 Å². The molecule has 8 aromatic carbocycles. The van der Waals surface area contributed by atoms with Gasteiger partial charge in [0.2, 0.25) is 0 Å². The van der Waals surface area contributed by atoms with Gasteiger partial charge in [0.15, 0.2) is 0 Å². The Morgan fingerprint density at radius 1 is 0.348 bits per heavy atom. The molecule has 0 saturated heterocycles. The molecule has 9 rings (SSSR count). The monoisotopic (exact) mass is 587 g/mol. The van der Waals surface area contributed by atoms with Crippen LogP contribution in [-0.4, -0.2) is 0 Å². The molecule has 0 spiro atoms. The summed E-state index contributed by atoms with van der Waals surface area (Å²) in [5.41, 5.74) is 9.81. The van der Waals surface area contributed by atoms with E-state index in [4.69, 9.17) is 4.42 Å².